The number of carboxylic acid groups (broad SMARTS) is 1. The second kappa shape index (κ2) is 6.67. The number of nitrogens with zero attached hydrogens (tertiary/aromatic N) is 1. The zero-order valence-electron chi connectivity index (χ0n) is 13.6. The maximum absolute atomic E-state index is 12.5. The fourth-order valence-corrected chi connectivity index (χ4v) is 2.49. The Kier molecular flexibility index (Phi) is 4.40. The van der Waals surface area contributed by atoms with Crippen molar-refractivity contribution in [3.8, 4) is 5.75 Å². The minimum atomic E-state index is -1.43. The molecule has 0 N–H and O–H groups in total. The van der Waals surface area contributed by atoms with Gasteiger partial charge in [-0.05, 0) is 42.0 Å². The largest absolute Gasteiger partial charge is 0.545 e. The molecule has 1 heterocycles. The van der Waals surface area contributed by atoms with Crippen molar-refractivity contribution in [2.45, 2.75) is 0 Å². The summed E-state index contributed by atoms with van der Waals surface area (Å²) < 4.78 is 9.66. The number of carbonyl (C=O) groups excluding carboxylic acids is 4. The van der Waals surface area contributed by atoms with Crippen LogP contribution in [0.3, 0.4) is 0 Å². The van der Waals surface area contributed by atoms with Gasteiger partial charge in [-0.1, -0.05) is 6.07 Å². The summed E-state index contributed by atoms with van der Waals surface area (Å²) >= 11 is 0. The van der Waals surface area contributed by atoms with Gasteiger partial charge in [-0.2, -0.15) is 0 Å². The van der Waals surface area contributed by atoms with E-state index < -0.39 is 23.8 Å². The average Bonchev–Trinajstić information content (AvgIpc) is 2.90. The summed E-state index contributed by atoms with van der Waals surface area (Å²) in [6.45, 7) is -0.269. The standard InChI is InChI=1S/C18H13NO7/c1-25-15(20)9-26-12-5-3-11(4-6-12)19-16(21)13-7-2-10(18(23)24)8-14(13)17(19)22/h2-8H,9H2,1H3,(H,23,24)/p-1. The summed E-state index contributed by atoms with van der Waals surface area (Å²) in [4.78, 5) is 47.9. The first kappa shape index (κ1) is 17.2. The van der Waals surface area contributed by atoms with E-state index in [1.54, 1.807) is 0 Å². The first-order chi connectivity index (χ1) is 12.4. The fourth-order valence-electron chi connectivity index (χ4n) is 2.49. The lowest BCUT2D eigenvalue weighted by Crippen LogP contribution is -2.29. The molecule has 132 valence electrons. The third-order valence-corrected chi connectivity index (χ3v) is 3.80. The molecular weight excluding hydrogens is 342 g/mol. The number of carbonyl (C=O) groups is 4. The maximum Gasteiger partial charge on any atom is 0.343 e. The zero-order chi connectivity index (χ0) is 18.8. The number of ether oxygens (including phenoxy) is 2. The Morgan fingerprint density at radius 1 is 1.00 bits per heavy atom. The van der Waals surface area contributed by atoms with Crippen molar-refractivity contribution < 1.29 is 33.8 Å². The first-order valence-electron chi connectivity index (χ1n) is 7.46. The number of rotatable bonds is 5. The SMILES string of the molecule is COC(=O)COc1ccc(N2C(=O)c3ccc(C(=O)[O-])cc3C2=O)cc1. The maximum atomic E-state index is 12.5. The first-order valence-corrected chi connectivity index (χ1v) is 7.46. The number of aromatic carboxylic acids is 1. The summed E-state index contributed by atoms with van der Waals surface area (Å²) in [6.07, 6.45) is 0. The normalized spacial score (nSPS) is 12.7. The van der Waals surface area contributed by atoms with Crippen LogP contribution >= 0.6 is 0 Å². The minimum Gasteiger partial charge on any atom is -0.545 e. The summed E-state index contributed by atoms with van der Waals surface area (Å²) in [5.74, 6) is -2.80. The van der Waals surface area contributed by atoms with Crippen molar-refractivity contribution in [1.82, 2.24) is 0 Å². The van der Waals surface area contributed by atoms with Crippen LogP contribution < -0.4 is 14.7 Å². The zero-order valence-corrected chi connectivity index (χ0v) is 13.6. The molecule has 0 fully saturated rings. The molecule has 8 nitrogen and oxygen atoms in total. The van der Waals surface area contributed by atoms with Gasteiger partial charge >= 0.3 is 5.97 Å². The van der Waals surface area contributed by atoms with Gasteiger partial charge in [0.15, 0.2) is 6.61 Å². The molecule has 2 aromatic carbocycles. The van der Waals surface area contributed by atoms with Crippen LogP contribution in [0.2, 0.25) is 0 Å². The minimum absolute atomic E-state index is 0.00252. The summed E-state index contributed by atoms with van der Waals surface area (Å²) in [5.41, 5.74) is 0.226. The van der Waals surface area contributed by atoms with E-state index in [0.717, 1.165) is 11.0 Å². The quantitative estimate of drug-likeness (QED) is 0.564. The van der Waals surface area contributed by atoms with E-state index in [0.29, 0.717) is 5.75 Å². The molecule has 0 saturated carbocycles. The highest BCUT2D eigenvalue weighted by Crippen LogP contribution is 2.30. The number of hydrogen-bond donors (Lipinski definition) is 0. The highest BCUT2D eigenvalue weighted by Gasteiger charge is 2.36. The van der Waals surface area contributed by atoms with Gasteiger partial charge in [0.2, 0.25) is 0 Å². The molecule has 26 heavy (non-hydrogen) atoms. The van der Waals surface area contributed by atoms with Gasteiger partial charge in [0.05, 0.1) is 29.9 Å². The molecular formula is C18H12NO7-. The van der Waals surface area contributed by atoms with Gasteiger partial charge in [-0.3, -0.25) is 9.59 Å². The molecule has 0 saturated heterocycles. The number of esters is 1. The molecule has 0 unspecified atom stereocenters. The number of fused-ring (bicyclic) bond motifs is 1. The summed E-state index contributed by atoms with van der Waals surface area (Å²) in [6, 6.07) is 9.57. The number of carboxylic acids is 1. The van der Waals surface area contributed by atoms with Crippen LogP contribution in [-0.2, 0) is 9.53 Å². The second-order valence-electron chi connectivity index (χ2n) is 5.35. The Hall–Kier alpha value is -3.68. The third kappa shape index (κ3) is 3.00. The van der Waals surface area contributed by atoms with E-state index in [2.05, 4.69) is 4.74 Å². The van der Waals surface area contributed by atoms with Crippen LogP contribution in [0.5, 0.6) is 5.75 Å². The molecule has 0 atom stereocenters. The lowest BCUT2D eigenvalue weighted by molar-refractivity contribution is -0.255. The highest BCUT2D eigenvalue weighted by atomic mass is 16.6. The van der Waals surface area contributed by atoms with Gasteiger partial charge in [0.1, 0.15) is 5.75 Å². The van der Waals surface area contributed by atoms with Crippen LogP contribution in [0.4, 0.5) is 5.69 Å². The Labute approximate surface area is 147 Å². The van der Waals surface area contributed by atoms with Crippen molar-refractivity contribution in [1.29, 1.82) is 0 Å². The lowest BCUT2D eigenvalue weighted by Gasteiger charge is -2.14. The number of methoxy groups -OCH3 is 1. The number of benzene rings is 2. The molecule has 0 bridgehead atoms. The smallest absolute Gasteiger partial charge is 0.343 e. The molecule has 1 aliphatic rings. The lowest BCUT2D eigenvalue weighted by atomic mass is 10.1. The van der Waals surface area contributed by atoms with Crippen molar-refractivity contribution in [2.75, 3.05) is 18.6 Å². The molecule has 0 radical (unpaired) electrons. The van der Waals surface area contributed by atoms with E-state index in [1.807, 2.05) is 0 Å². The molecule has 0 spiro atoms. The van der Waals surface area contributed by atoms with Gasteiger partial charge in [-0.15, -0.1) is 0 Å². The third-order valence-electron chi connectivity index (χ3n) is 3.80. The number of hydrogen-bond acceptors (Lipinski definition) is 7. The van der Waals surface area contributed by atoms with Gasteiger partial charge < -0.3 is 19.4 Å². The molecule has 2 aromatic rings. The molecule has 8 heteroatoms. The predicted molar refractivity (Wildman–Crippen MR) is 85.9 cm³/mol. The van der Waals surface area contributed by atoms with Gasteiger partial charge in [-0.25, -0.2) is 9.69 Å². The van der Waals surface area contributed by atoms with Crippen LogP contribution in [-0.4, -0.2) is 37.5 Å². The van der Waals surface area contributed by atoms with E-state index in [-0.39, 0.29) is 29.0 Å². The van der Waals surface area contributed by atoms with Crippen molar-refractivity contribution in [3.05, 3.63) is 59.2 Å². The fraction of sp³-hybridized carbons (Fsp3) is 0.111. The van der Waals surface area contributed by atoms with Gasteiger partial charge in [0, 0.05) is 0 Å². The van der Waals surface area contributed by atoms with E-state index >= 15 is 0 Å². The van der Waals surface area contributed by atoms with E-state index in [4.69, 9.17) is 4.74 Å². The highest BCUT2D eigenvalue weighted by molar-refractivity contribution is 6.34. The Morgan fingerprint density at radius 3 is 2.27 bits per heavy atom. The molecule has 0 aromatic heterocycles. The van der Waals surface area contributed by atoms with E-state index in [9.17, 15) is 24.3 Å². The monoisotopic (exact) mass is 354 g/mol. The molecule has 1 aliphatic heterocycles. The van der Waals surface area contributed by atoms with Crippen molar-refractivity contribution in [3.63, 3.8) is 0 Å². The van der Waals surface area contributed by atoms with Gasteiger partial charge in [0.25, 0.3) is 11.8 Å². The van der Waals surface area contributed by atoms with Crippen LogP contribution in [0.1, 0.15) is 31.1 Å². The number of imide groups is 1. The predicted octanol–water partition coefficient (Wildman–Crippen LogP) is 0.402. The van der Waals surface area contributed by atoms with Crippen LogP contribution in [0.15, 0.2) is 42.5 Å². The molecule has 2 amide bonds. The second-order valence-corrected chi connectivity index (χ2v) is 5.35. The Morgan fingerprint density at radius 2 is 1.65 bits per heavy atom. The summed E-state index contributed by atoms with van der Waals surface area (Å²) in [7, 11) is 1.24. The Bertz CT molecular complexity index is 918. The van der Waals surface area contributed by atoms with Crippen molar-refractivity contribution >= 4 is 29.4 Å². The van der Waals surface area contributed by atoms with E-state index in [1.165, 1.54) is 43.5 Å². The number of amides is 2. The van der Waals surface area contributed by atoms with Crippen molar-refractivity contribution in [2.24, 2.45) is 0 Å². The number of anilines is 1. The van der Waals surface area contributed by atoms with Crippen LogP contribution in [0.25, 0.3) is 0 Å². The van der Waals surface area contributed by atoms with Crippen LogP contribution in [0, 0.1) is 0 Å². The summed E-state index contributed by atoms with van der Waals surface area (Å²) in [5, 5.41) is 10.9. The average molecular weight is 354 g/mol. The Balaban J connectivity index is 1.84. The topological polar surface area (TPSA) is 113 Å². The molecule has 3 rings (SSSR count). The molecule has 0 aliphatic carbocycles.